The molecule has 0 radical (unpaired) electrons. The lowest BCUT2D eigenvalue weighted by molar-refractivity contribution is 0.192. The van der Waals surface area contributed by atoms with Gasteiger partial charge in [0.1, 0.15) is 18.2 Å². The maximum absolute atomic E-state index is 11.9. The summed E-state index contributed by atoms with van der Waals surface area (Å²) in [6.45, 7) is -0.661. The second kappa shape index (κ2) is 8.09. The highest BCUT2D eigenvalue weighted by Gasteiger charge is 2.20. The van der Waals surface area contributed by atoms with Gasteiger partial charge in [-0.1, -0.05) is 11.6 Å². The van der Waals surface area contributed by atoms with E-state index >= 15 is 0 Å². The average Bonchev–Trinajstić information content (AvgIpc) is 3.46. The Bertz CT molecular complexity index is 1610. The van der Waals surface area contributed by atoms with Crippen molar-refractivity contribution >= 4 is 34.8 Å². The highest BCUT2D eigenvalue weighted by molar-refractivity contribution is 6.33. The second-order valence-electron chi connectivity index (χ2n) is 7.51. The van der Waals surface area contributed by atoms with Crippen molar-refractivity contribution in [3.8, 4) is 11.9 Å². The molecule has 3 heterocycles. The van der Waals surface area contributed by atoms with Crippen molar-refractivity contribution in [2.24, 2.45) is 4.99 Å². The van der Waals surface area contributed by atoms with E-state index in [9.17, 15) is 15.0 Å². The summed E-state index contributed by atoms with van der Waals surface area (Å²) in [4.78, 5) is 23.7. The Hall–Kier alpha value is -4.14. The minimum Gasteiger partial charge on any atom is -0.493 e. The molecule has 0 spiro atoms. The molecule has 0 saturated heterocycles. The summed E-state index contributed by atoms with van der Waals surface area (Å²) in [6.07, 6.45) is 5.05. The van der Waals surface area contributed by atoms with Crippen LogP contribution < -0.4 is 21.7 Å². The number of nitriles is 1. The van der Waals surface area contributed by atoms with Gasteiger partial charge in [0.15, 0.2) is 11.1 Å². The summed E-state index contributed by atoms with van der Waals surface area (Å²) in [6, 6.07) is 8.90. The molecule has 1 saturated carbocycles. The SMILES string of the molecule is N#Cc1ccc(Nc2cc(=NC3CC3)n3nc/c(=C\c4[nH]c(=O)n(CO)c4O)c3n2)c(Cl)c1. The average molecular weight is 465 g/mol. The number of aromatic hydroxyl groups is 1. The number of hydrogen-bond acceptors (Lipinski definition) is 8. The number of aliphatic hydroxyl groups excluding tert-OH is 1. The summed E-state index contributed by atoms with van der Waals surface area (Å²) < 4.78 is 2.37. The highest BCUT2D eigenvalue weighted by atomic mass is 35.5. The molecule has 0 amide bonds. The number of benzene rings is 1. The van der Waals surface area contributed by atoms with Gasteiger partial charge in [-0.3, -0.25) is 4.99 Å². The minimum atomic E-state index is -0.661. The molecule has 166 valence electrons. The molecule has 4 N–H and O–H groups in total. The molecule has 1 aliphatic carbocycles. The van der Waals surface area contributed by atoms with Crippen molar-refractivity contribution < 1.29 is 10.2 Å². The lowest BCUT2D eigenvalue weighted by Gasteiger charge is -2.08. The first-order valence-electron chi connectivity index (χ1n) is 10.0. The minimum absolute atomic E-state index is 0.111. The number of aliphatic hydroxyl groups is 1. The van der Waals surface area contributed by atoms with Crippen LogP contribution >= 0.6 is 11.6 Å². The van der Waals surface area contributed by atoms with E-state index in [1.807, 2.05) is 6.07 Å². The van der Waals surface area contributed by atoms with Gasteiger partial charge in [-0.2, -0.15) is 14.9 Å². The van der Waals surface area contributed by atoms with Crippen molar-refractivity contribution in [1.29, 1.82) is 5.26 Å². The van der Waals surface area contributed by atoms with Gasteiger partial charge in [-0.15, -0.1) is 0 Å². The maximum atomic E-state index is 11.9. The summed E-state index contributed by atoms with van der Waals surface area (Å²) in [7, 11) is 0. The molecule has 0 aliphatic heterocycles. The van der Waals surface area contributed by atoms with Crippen LogP contribution in [0, 0.1) is 11.3 Å². The highest BCUT2D eigenvalue weighted by Crippen LogP contribution is 2.26. The first kappa shape index (κ1) is 20.7. The van der Waals surface area contributed by atoms with Crippen LogP contribution in [0.4, 0.5) is 11.5 Å². The summed E-state index contributed by atoms with van der Waals surface area (Å²) >= 11 is 6.30. The predicted molar refractivity (Wildman–Crippen MR) is 119 cm³/mol. The van der Waals surface area contributed by atoms with Gasteiger partial charge in [0, 0.05) is 11.3 Å². The molecule has 4 aromatic rings. The number of hydrogen-bond donors (Lipinski definition) is 4. The van der Waals surface area contributed by atoms with E-state index in [1.165, 1.54) is 6.08 Å². The Morgan fingerprint density at radius 3 is 2.88 bits per heavy atom. The molecule has 1 aliphatic rings. The molecule has 1 fully saturated rings. The lowest BCUT2D eigenvalue weighted by Crippen LogP contribution is -2.19. The molecule has 5 rings (SSSR count). The number of fused-ring (bicyclic) bond motifs is 1. The predicted octanol–water partition coefficient (Wildman–Crippen LogP) is 0.754. The molecule has 12 heteroatoms. The topological polar surface area (TPSA) is 157 Å². The molecule has 33 heavy (non-hydrogen) atoms. The third kappa shape index (κ3) is 3.93. The zero-order valence-electron chi connectivity index (χ0n) is 17.0. The quantitative estimate of drug-likeness (QED) is 0.339. The van der Waals surface area contributed by atoms with Gasteiger partial charge in [0.2, 0.25) is 5.88 Å². The van der Waals surface area contributed by atoms with Crippen LogP contribution in [-0.2, 0) is 6.73 Å². The van der Waals surface area contributed by atoms with Crippen LogP contribution in [0.5, 0.6) is 5.88 Å². The number of halogens is 1. The van der Waals surface area contributed by atoms with Crippen LogP contribution in [0.1, 0.15) is 24.1 Å². The van der Waals surface area contributed by atoms with Crippen LogP contribution in [0.2, 0.25) is 5.02 Å². The first-order chi connectivity index (χ1) is 16.0. The number of nitrogens with zero attached hydrogens (tertiary/aromatic N) is 6. The van der Waals surface area contributed by atoms with Gasteiger partial charge in [0.25, 0.3) is 0 Å². The smallest absolute Gasteiger partial charge is 0.330 e. The van der Waals surface area contributed by atoms with Crippen LogP contribution in [0.25, 0.3) is 11.7 Å². The number of H-pyrrole nitrogens is 1. The molecule has 0 bridgehead atoms. The summed E-state index contributed by atoms with van der Waals surface area (Å²) in [5, 5.41) is 36.9. The number of anilines is 2. The largest absolute Gasteiger partial charge is 0.493 e. The van der Waals surface area contributed by atoms with E-state index in [-0.39, 0.29) is 11.7 Å². The van der Waals surface area contributed by atoms with E-state index < -0.39 is 18.3 Å². The van der Waals surface area contributed by atoms with Crippen LogP contribution in [0.15, 0.2) is 40.2 Å². The van der Waals surface area contributed by atoms with Gasteiger partial charge in [-0.25, -0.2) is 14.3 Å². The Balaban J connectivity index is 1.66. The Labute approximate surface area is 190 Å². The van der Waals surface area contributed by atoms with Gasteiger partial charge in [-0.05, 0) is 37.1 Å². The fourth-order valence-electron chi connectivity index (χ4n) is 3.30. The van der Waals surface area contributed by atoms with Crippen LogP contribution in [0.3, 0.4) is 0 Å². The van der Waals surface area contributed by atoms with Gasteiger partial charge in [0.05, 0.1) is 34.6 Å². The fourth-order valence-corrected chi connectivity index (χ4v) is 3.53. The Kier molecular flexibility index (Phi) is 5.08. The van der Waals surface area contributed by atoms with E-state index in [4.69, 9.17) is 21.9 Å². The molecule has 1 aromatic carbocycles. The van der Waals surface area contributed by atoms with Crippen LogP contribution in [-0.4, -0.2) is 40.4 Å². The zero-order chi connectivity index (χ0) is 23.1. The number of nitrogens with one attached hydrogen (secondary N) is 2. The lowest BCUT2D eigenvalue weighted by atomic mass is 10.2. The van der Waals surface area contributed by atoms with Crippen molar-refractivity contribution in [2.45, 2.75) is 25.6 Å². The number of imidazole rings is 1. The Morgan fingerprint density at radius 2 is 2.21 bits per heavy atom. The summed E-state index contributed by atoms with van der Waals surface area (Å²) in [5.74, 6) is 0.0534. The molecular weight excluding hydrogens is 448 g/mol. The van der Waals surface area contributed by atoms with Crippen molar-refractivity contribution in [3.05, 3.63) is 67.9 Å². The molecule has 11 nitrogen and oxygen atoms in total. The first-order valence-corrected chi connectivity index (χ1v) is 10.4. The number of aromatic amines is 1. The van der Waals surface area contributed by atoms with Crippen molar-refractivity contribution in [2.75, 3.05) is 5.32 Å². The Morgan fingerprint density at radius 1 is 1.39 bits per heavy atom. The monoisotopic (exact) mass is 464 g/mol. The van der Waals surface area contributed by atoms with E-state index in [2.05, 4.69) is 20.4 Å². The molecule has 0 atom stereocenters. The zero-order valence-corrected chi connectivity index (χ0v) is 17.8. The third-order valence-electron chi connectivity index (χ3n) is 5.13. The van der Waals surface area contributed by atoms with E-state index in [0.717, 1.165) is 17.4 Å². The fraction of sp³-hybridized carbons (Fsp3) is 0.190. The van der Waals surface area contributed by atoms with Gasteiger partial charge < -0.3 is 20.5 Å². The normalized spacial score (nSPS) is 14.7. The number of rotatable bonds is 5. The third-order valence-corrected chi connectivity index (χ3v) is 5.44. The standard InChI is InChI=1S/C21H17ClN8O3/c22-14-5-11(8-23)1-4-15(14)26-17-7-18(25-13-2-3-13)30-19(28-17)12(9-24-30)6-16-20(32)29(10-31)21(33)27-16/h1,4-7,9,13,26,31-32H,2-3,10H2,(H,27,33)/b12-6+,25-18?. The van der Waals surface area contributed by atoms with Crippen molar-refractivity contribution in [1.82, 2.24) is 24.1 Å². The van der Waals surface area contributed by atoms with Gasteiger partial charge >= 0.3 is 5.69 Å². The molecule has 0 unspecified atom stereocenters. The second-order valence-corrected chi connectivity index (χ2v) is 7.92. The summed E-state index contributed by atoms with van der Waals surface area (Å²) in [5.41, 5.74) is 1.49. The molecule has 3 aromatic heterocycles. The van der Waals surface area contributed by atoms with E-state index in [1.54, 1.807) is 35.0 Å². The maximum Gasteiger partial charge on any atom is 0.330 e. The van der Waals surface area contributed by atoms with Crippen molar-refractivity contribution in [3.63, 3.8) is 0 Å². The number of aromatic nitrogens is 5. The van der Waals surface area contributed by atoms with E-state index in [0.29, 0.717) is 38.4 Å². The molecular formula is C21H17ClN8O3.